The zero-order chi connectivity index (χ0) is 15.4. The van der Waals surface area contributed by atoms with Crippen molar-refractivity contribution in [2.45, 2.75) is 25.3 Å². The molecule has 0 unspecified atom stereocenters. The van der Waals surface area contributed by atoms with Gasteiger partial charge in [0.15, 0.2) is 11.5 Å². The molecule has 0 atom stereocenters. The number of ether oxygens (including phenoxy) is 2. The first-order chi connectivity index (χ1) is 10.8. The van der Waals surface area contributed by atoms with Crippen molar-refractivity contribution in [2.24, 2.45) is 0 Å². The smallest absolute Gasteiger partial charge is 0.161 e. The third-order valence-electron chi connectivity index (χ3n) is 4.82. The van der Waals surface area contributed by atoms with Gasteiger partial charge in [-0.1, -0.05) is 12.1 Å². The second-order valence-corrected chi connectivity index (χ2v) is 6.03. The summed E-state index contributed by atoms with van der Waals surface area (Å²) in [5.41, 5.74) is 2.67. The fraction of sp³-hybridized carbons (Fsp3) is 0.556. The maximum atomic E-state index is 5.41. The van der Waals surface area contributed by atoms with E-state index in [1.54, 1.807) is 14.2 Å². The summed E-state index contributed by atoms with van der Waals surface area (Å²) in [6, 6.07) is 6.97. The Hall–Kier alpha value is -1.52. The molecule has 3 rings (SSSR count). The Morgan fingerprint density at radius 2 is 1.86 bits per heavy atom. The van der Waals surface area contributed by atoms with Gasteiger partial charge in [0.1, 0.15) is 0 Å². The molecular weight excluding hydrogens is 276 g/mol. The van der Waals surface area contributed by atoms with E-state index in [1.165, 1.54) is 24.0 Å². The van der Waals surface area contributed by atoms with Crippen molar-refractivity contribution in [1.29, 1.82) is 0 Å². The molecule has 22 heavy (non-hydrogen) atoms. The highest BCUT2D eigenvalue weighted by Gasteiger charge is 2.23. The van der Waals surface area contributed by atoms with Crippen LogP contribution in [0.1, 0.15) is 24.8 Å². The normalized spacial score (nSPS) is 20.5. The van der Waals surface area contributed by atoms with Crippen LogP contribution in [0.15, 0.2) is 24.3 Å². The zero-order valence-electron chi connectivity index (χ0n) is 13.6. The maximum absolute atomic E-state index is 5.41. The van der Waals surface area contributed by atoms with E-state index in [-0.39, 0.29) is 0 Å². The monoisotopic (exact) mass is 302 g/mol. The van der Waals surface area contributed by atoms with Crippen LogP contribution in [0.2, 0.25) is 0 Å². The molecule has 1 N–H and O–H groups in total. The first kappa shape index (κ1) is 15.4. The van der Waals surface area contributed by atoms with Crippen LogP contribution in [0.3, 0.4) is 0 Å². The van der Waals surface area contributed by atoms with E-state index in [9.17, 15) is 0 Å². The van der Waals surface area contributed by atoms with Crippen molar-refractivity contribution >= 4 is 5.57 Å². The minimum Gasteiger partial charge on any atom is -0.493 e. The van der Waals surface area contributed by atoms with Crippen LogP contribution in [0.25, 0.3) is 5.57 Å². The molecule has 0 aromatic heterocycles. The second kappa shape index (κ2) is 7.16. The van der Waals surface area contributed by atoms with E-state index in [0.717, 1.165) is 50.1 Å². The Labute approximate surface area is 133 Å². The third kappa shape index (κ3) is 3.28. The number of methoxy groups -OCH3 is 2. The molecule has 0 bridgehead atoms. The fourth-order valence-corrected chi connectivity index (χ4v) is 3.49. The highest BCUT2D eigenvalue weighted by molar-refractivity contribution is 5.69. The summed E-state index contributed by atoms with van der Waals surface area (Å²) in [6.45, 7) is 4.54. The summed E-state index contributed by atoms with van der Waals surface area (Å²) in [4.78, 5) is 2.63. The van der Waals surface area contributed by atoms with E-state index in [4.69, 9.17) is 9.47 Å². The van der Waals surface area contributed by atoms with Crippen molar-refractivity contribution in [3.63, 3.8) is 0 Å². The lowest BCUT2D eigenvalue weighted by Gasteiger charge is -2.36. The second-order valence-electron chi connectivity index (χ2n) is 6.03. The van der Waals surface area contributed by atoms with Crippen LogP contribution >= 0.6 is 0 Å². The van der Waals surface area contributed by atoms with Gasteiger partial charge in [-0.25, -0.2) is 0 Å². The number of piperidine rings is 1. The maximum Gasteiger partial charge on any atom is 0.161 e. The Morgan fingerprint density at radius 3 is 2.50 bits per heavy atom. The van der Waals surface area contributed by atoms with Crippen molar-refractivity contribution in [3.05, 3.63) is 29.8 Å². The van der Waals surface area contributed by atoms with E-state index in [0.29, 0.717) is 0 Å². The molecule has 2 heterocycles. The lowest BCUT2D eigenvalue weighted by Crippen LogP contribution is -2.44. The topological polar surface area (TPSA) is 33.7 Å². The number of hydrogen-bond acceptors (Lipinski definition) is 4. The first-order valence-electron chi connectivity index (χ1n) is 8.18. The minimum absolute atomic E-state index is 0.754. The number of nitrogens with zero attached hydrogens (tertiary/aromatic N) is 1. The van der Waals surface area contributed by atoms with Crippen molar-refractivity contribution in [2.75, 3.05) is 40.4 Å². The number of hydrogen-bond donors (Lipinski definition) is 1. The summed E-state index contributed by atoms with van der Waals surface area (Å²) in [7, 11) is 3.37. The molecule has 1 aromatic carbocycles. The zero-order valence-corrected chi connectivity index (χ0v) is 13.6. The Kier molecular flexibility index (Phi) is 5.01. The molecule has 0 radical (unpaired) electrons. The lowest BCUT2D eigenvalue weighted by molar-refractivity contribution is 0.178. The van der Waals surface area contributed by atoms with Gasteiger partial charge in [0.2, 0.25) is 0 Å². The molecule has 4 nitrogen and oxygen atoms in total. The predicted octanol–water partition coefficient (Wildman–Crippen LogP) is 2.54. The Bertz CT molecular complexity index is 536. The predicted molar refractivity (Wildman–Crippen MR) is 89.6 cm³/mol. The van der Waals surface area contributed by atoms with Gasteiger partial charge in [0.05, 0.1) is 14.2 Å². The van der Waals surface area contributed by atoms with Gasteiger partial charge in [0, 0.05) is 19.1 Å². The molecule has 2 aliphatic heterocycles. The quantitative estimate of drug-likeness (QED) is 0.927. The van der Waals surface area contributed by atoms with Gasteiger partial charge >= 0.3 is 0 Å². The van der Waals surface area contributed by atoms with Crippen molar-refractivity contribution in [1.82, 2.24) is 10.2 Å². The highest BCUT2D eigenvalue weighted by Crippen LogP contribution is 2.32. The van der Waals surface area contributed by atoms with Crippen molar-refractivity contribution < 1.29 is 9.47 Å². The number of benzene rings is 1. The summed E-state index contributed by atoms with van der Waals surface area (Å²) in [5.74, 6) is 1.60. The molecule has 0 aliphatic carbocycles. The fourth-order valence-electron chi connectivity index (χ4n) is 3.49. The molecule has 120 valence electrons. The van der Waals surface area contributed by atoms with Crippen molar-refractivity contribution in [3.8, 4) is 11.5 Å². The molecule has 0 amide bonds. The van der Waals surface area contributed by atoms with E-state index < -0.39 is 0 Å². The van der Waals surface area contributed by atoms with Crippen LogP contribution < -0.4 is 14.8 Å². The summed E-state index contributed by atoms with van der Waals surface area (Å²) < 4.78 is 10.7. The van der Waals surface area contributed by atoms with E-state index in [2.05, 4.69) is 28.4 Å². The molecule has 4 heteroatoms. The van der Waals surface area contributed by atoms with Gasteiger partial charge in [-0.2, -0.15) is 0 Å². The summed E-state index contributed by atoms with van der Waals surface area (Å²) >= 11 is 0. The van der Waals surface area contributed by atoms with Gasteiger partial charge in [0.25, 0.3) is 0 Å². The molecule has 1 fully saturated rings. The van der Waals surface area contributed by atoms with E-state index in [1.807, 2.05) is 6.07 Å². The van der Waals surface area contributed by atoms with Crippen LogP contribution in [-0.4, -0.2) is 51.3 Å². The Morgan fingerprint density at radius 1 is 1.09 bits per heavy atom. The summed E-state index contributed by atoms with van der Waals surface area (Å²) in [5, 5.41) is 3.44. The van der Waals surface area contributed by atoms with Crippen LogP contribution in [0.4, 0.5) is 0 Å². The summed E-state index contributed by atoms with van der Waals surface area (Å²) in [6.07, 6.45) is 6.05. The number of nitrogens with one attached hydrogen (secondary N) is 1. The van der Waals surface area contributed by atoms with Crippen LogP contribution in [0, 0.1) is 0 Å². The molecule has 1 saturated heterocycles. The Balaban J connectivity index is 1.70. The van der Waals surface area contributed by atoms with Gasteiger partial charge in [-0.05, 0) is 55.6 Å². The van der Waals surface area contributed by atoms with E-state index >= 15 is 0 Å². The molecular formula is C18H26N2O2. The molecule has 1 aromatic rings. The highest BCUT2D eigenvalue weighted by atomic mass is 16.5. The molecule has 0 saturated carbocycles. The standard InChI is InChI=1S/C18H26N2O2/c1-21-17-4-3-15(13-18(17)22-2)14-7-11-20(12-8-14)16-5-9-19-10-6-16/h3-4,7,13,16,19H,5-6,8-12H2,1-2H3. The SMILES string of the molecule is COc1ccc(C2=CCN(C3CCNCC3)CC2)cc1OC. The van der Waals surface area contributed by atoms with Crippen LogP contribution in [-0.2, 0) is 0 Å². The van der Waals surface area contributed by atoms with Gasteiger partial charge in [-0.15, -0.1) is 0 Å². The van der Waals surface area contributed by atoms with Crippen LogP contribution in [0.5, 0.6) is 11.5 Å². The average Bonchev–Trinajstić information content (AvgIpc) is 2.62. The van der Waals surface area contributed by atoms with Gasteiger partial charge in [-0.3, -0.25) is 4.90 Å². The minimum atomic E-state index is 0.754. The molecule has 2 aliphatic rings. The first-order valence-corrected chi connectivity index (χ1v) is 8.18. The largest absolute Gasteiger partial charge is 0.493 e. The third-order valence-corrected chi connectivity index (χ3v) is 4.82. The number of rotatable bonds is 4. The lowest BCUT2D eigenvalue weighted by atomic mass is 9.96. The van der Waals surface area contributed by atoms with Gasteiger partial charge < -0.3 is 14.8 Å². The average molecular weight is 302 g/mol. The molecule has 0 spiro atoms.